The Kier molecular flexibility index (Phi) is 4.01. The minimum Gasteiger partial charge on any atom is -0.497 e. The largest absolute Gasteiger partial charge is 0.497 e. The van der Waals surface area contributed by atoms with Crippen molar-refractivity contribution >= 4 is 0 Å². The number of rotatable bonds is 4. The number of nitriles is 1. The molecule has 0 aliphatic carbocycles. The molecule has 0 N–H and O–H groups in total. The summed E-state index contributed by atoms with van der Waals surface area (Å²) in [5.41, 5.74) is 1.76. The Morgan fingerprint density at radius 1 is 1.24 bits per heavy atom. The number of methoxy groups -OCH3 is 2. The minimum absolute atomic E-state index is 0.396. The molecule has 0 aromatic heterocycles. The summed E-state index contributed by atoms with van der Waals surface area (Å²) < 4.78 is 10.6. The fourth-order valence-corrected chi connectivity index (χ4v) is 1.76. The number of aryl methyl sites for hydroxylation is 1. The molecule has 0 radical (unpaired) electrons. The van der Waals surface area contributed by atoms with Gasteiger partial charge in [0.15, 0.2) is 0 Å². The Hall–Kier alpha value is -1.69. The van der Waals surface area contributed by atoms with E-state index in [1.165, 1.54) is 0 Å². The normalized spacial score (nSPS) is 10.8. The third-order valence-corrected chi connectivity index (χ3v) is 2.78. The van der Waals surface area contributed by atoms with Gasteiger partial charge in [0.2, 0.25) is 0 Å². The molecule has 0 atom stereocenters. The fraction of sp³-hybridized carbons (Fsp3) is 0.500. The quantitative estimate of drug-likeness (QED) is 0.802. The Balaban J connectivity index is 3.20. The minimum atomic E-state index is -0.396. The molecule has 92 valence electrons. The van der Waals surface area contributed by atoms with Crippen LogP contribution in [0.2, 0.25) is 0 Å². The molecule has 3 nitrogen and oxygen atoms in total. The summed E-state index contributed by atoms with van der Waals surface area (Å²) in [7, 11) is 3.27. The molecule has 0 saturated carbocycles. The molecule has 0 aliphatic rings. The smallest absolute Gasteiger partial charge is 0.126 e. The predicted molar refractivity (Wildman–Crippen MR) is 67.4 cm³/mol. The second-order valence-electron chi connectivity index (χ2n) is 4.80. The van der Waals surface area contributed by atoms with Gasteiger partial charge in [0.25, 0.3) is 0 Å². The summed E-state index contributed by atoms with van der Waals surface area (Å²) in [5.74, 6) is 1.56. The molecule has 0 aliphatic heterocycles. The second-order valence-corrected chi connectivity index (χ2v) is 4.80. The zero-order valence-electron chi connectivity index (χ0n) is 11.1. The third-order valence-electron chi connectivity index (χ3n) is 2.78. The standard InChI is InChI=1S/C14H19NO2/c1-10-6-11(16-4)7-13(17-5)12(10)8-14(2,3)9-15/h6-7H,8H2,1-5H3. The first-order valence-electron chi connectivity index (χ1n) is 5.56. The van der Waals surface area contributed by atoms with Gasteiger partial charge >= 0.3 is 0 Å². The molecule has 0 amide bonds. The first-order valence-corrected chi connectivity index (χ1v) is 5.56. The Bertz CT molecular complexity index is 444. The van der Waals surface area contributed by atoms with Crippen LogP contribution >= 0.6 is 0 Å². The van der Waals surface area contributed by atoms with Gasteiger partial charge < -0.3 is 9.47 Å². The molecular weight excluding hydrogens is 214 g/mol. The lowest BCUT2D eigenvalue weighted by atomic mass is 9.85. The van der Waals surface area contributed by atoms with Gasteiger partial charge in [0, 0.05) is 6.07 Å². The van der Waals surface area contributed by atoms with Gasteiger partial charge in [-0.2, -0.15) is 5.26 Å². The maximum Gasteiger partial charge on any atom is 0.126 e. The van der Waals surface area contributed by atoms with Crippen LogP contribution < -0.4 is 9.47 Å². The molecule has 0 heterocycles. The van der Waals surface area contributed by atoms with Crippen molar-refractivity contribution in [2.24, 2.45) is 5.41 Å². The van der Waals surface area contributed by atoms with Crippen LogP contribution in [0.5, 0.6) is 11.5 Å². The number of hydrogen-bond acceptors (Lipinski definition) is 3. The SMILES string of the molecule is COc1cc(C)c(CC(C)(C)C#N)c(OC)c1. The molecule has 17 heavy (non-hydrogen) atoms. The molecule has 1 aromatic carbocycles. The van der Waals surface area contributed by atoms with Crippen molar-refractivity contribution in [3.05, 3.63) is 23.3 Å². The summed E-state index contributed by atoms with van der Waals surface area (Å²) in [5, 5.41) is 9.10. The second kappa shape index (κ2) is 5.09. The highest BCUT2D eigenvalue weighted by atomic mass is 16.5. The lowest BCUT2D eigenvalue weighted by molar-refractivity contribution is 0.383. The molecule has 0 bridgehead atoms. The monoisotopic (exact) mass is 233 g/mol. The van der Waals surface area contributed by atoms with Crippen molar-refractivity contribution < 1.29 is 9.47 Å². The number of ether oxygens (including phenoxy) is 2. The van der Waals surface area contributed by atoms with Crippen molar-refractivity contribution in [2.75, 3.05) is 14.2 Å². The molecule has 3 heteroatoms. The van der Waals surface area contributed by atoms with E-state index in [4.69, 9.17) is 14.7 Å². The molecule has 0 unspecified atom stereocenters. The molecular formula is C14H19NO2. The number of nitrogens with zero attached hydrogens (tertiary/aromatic N) is 1. The van der Waals surface area contributed by atoms with Crippen molar-refractivity contribution in [3.63, 3.8) is 0 Å². The third kappa shape index (κ3) is 3.13. The zero-order valence-corrected chi connectivity index (χ0v) is 11.1. The topological polar surface area (TPSA) is 42.2 Å². The lowest BCUT2D eigenvalue weighted by Crippen LogP contribution is -2.13. The highest BCUT2D eigenvalue weighted by Crippen LogP contribution is 2.33. The van der Waals surface area contributed by atoms with Crippen LogP contribution in [-0.4, -0.2) is 14.2 Å². The Morgan fingerprint density at radius 3 is 2.35 bits per heavy atom. The number of benzene rings is 1. The lowest BCUT2D eigenvalue weighted by Gasteiger charge is -2.20. The van der Waals surface area contributed by atoms with E-state index < -0.39 is 5.41 Å². The van der Waals surface area contributed by atoms with Gasteiger partial charge in [-0.1, -0.05) is 0 Å². The van der Waals surface area contributed by atoms with E-state index in [1.54, 1.807) is 14.2 Å². The van der Waals surface area contributed by atoms with E-state index >= 15 is 0 Å². The maximum atomic E-state index is 9.10. The van der Waals surface area contributed by atoms with Crippen LogP contribution in [-0.2, 0) is 6.42 Å². The van der Waals surface area contributed by atoms with Crippen LogP contribution in [0.1, 0.15) is 25.0 Å². The van der Waals surface area contributed by atoms with Crippen LogP contribution in [0.25, 0.3) is 0 Å². The summed E-state index contributed by atoms with van der Waals surface area (Å²) in [6.07, 6.45) is 0.669. The first kappa shape index (κ1) is 13.4. The van der Waals surface area contributed by atoms with Crippen LogP contribution in [0.4, 0.5) is 0 Å². The average Bonchev–Trinajstić information content (AvgIpc) is 2.31. The van der Waals surface area contributed by atoms with Gasteiger partial charge in [0.1, 0.15) is 11.5 Å². The van der Waals surface area contributed by atoms with Crippen molar-refractivity contribution in [1.29, 1.82) is 5.26 Å². The van der Waals surface area contributed by atoms with Gasteiger partial charge in [-0.3, -0.25) is 0 Å². The van der Waals surface area contributed by atoms with E-state index in [2.05, 4.69) is 6.07 Å². The average molecular weight is 233 g/mol. The predicted octanol–water partition coefficient (Wildman–Crippen LogP) is 3.10. The Labute approximate surface area is 103 Å². The van der Waals surface area contributed by atoms with Gasteiger partial charge in [-0.05, 0) is 44.4 Å². The van der Waals surface area contributed by atoms with Crippen LogP contribution in [0, 0.1) is 23.7 Å². The van der Waals surface area contributed by atoms with E-state index in [-0.39, 0.29) is 0 Å². The highest BCUT2D eigenvalue weighted by Gasteiger charge is 2.21. The van der Waals surface area contributed by atoms with E-state index in [9.17, 15) is 0 Å². The van der Waals surface area contributed by atoms with Crippen molar-refractivity contribution in [3.8, 4) is 17.6 Å². The maximum absolute atomic E-state index is 9.10. The summed E-state index contributed by atoms with van der Waals surface area (Å²) in [4.78, 5) is 0. The molecule has 0 spiro atoms. The molecule has 1 aromatic rings. The van der Waals surface area contributed by atoms with Gasteiger partial charge in [0.05, 0.1) is 25.7 Å². The van der Waals surface area contributed by atoms with Gasteiger partial charge in [-0.25, -0.2) is 0 Å². The molecule has 0 fully saturated rings. The highest BCUT2D eigenvalue weighted by molar-refractivity contribution is 5.47. The number of hydrogen-bond donors (Lipinski definition) is 0. The zero-order chi connectivity index (χ0) is 13.1. The van der Waals surface area contributed by atoms with E-state index in [0.717, 1.165) is 22.6 Å². The first-order chi connectivity index (χ1) is 7.93. The summed E-state index contributed by atoms with van der Waals surface area (Å²) in [6, 6.07) is 6.13. The molecule has 1 rings (SSSR count). The fourth-order valence-electron chi connectivity index (χ4n) is 1.76. The Morgan fingerprint density at radius 2 is 1.88 bits per heavy atom. The van der Waals surface area contributed by atoms with Crippen LogP contribution in [0.15, 0.2) is 12.1 Å². The van der Waals surface area contributed by atoms with Crippen molar-refractivity contribution in [2.45, 2.75) is 27.2 Å². The molecule has 0 saturated heterocycles. The van der Waals surface area contributed by atoms with E-state index in [0.29, 0.717) is 6.42 Å². The van der Waals surface area contributed by atoms with Gasteiger partial charge in [-0.15, -0.1) is 0 Å². The van der Waals surface area contributed by atoms with Crippen LogP contribution in [0.3, 0.4) is 0 Å². The van der Waals surface area contributed by atoms with Crippen molar-refractivity contribution in [1.82, 2.24) is 0 Å². The van der Waals surface area contributed by atoms with E-state index in [1.807, 2.05) is 32.9 Å². The summed E-state index contributed by atoms with van der Waals surface area (Å²) in [6.45, 7) is 5.86. The summed E-state index contributed by atoms with van der Waals surface area (Å²) >= 11 is 0.